The monoisotopic (exact) mass is 485 g/mol. The number of carbonyl (C=O) groups excluding carboxylic acids is 1. The maximum Gasteiger partial charge on any atom is 0.260 e. The number of aromatic nitrogens is 1. The van der Waals surface area contributed by atoms with Gasteiger partial charge in [0.05, 0.1) is 35.1 Å². The molecule has 2 aliphatic rings. The van der Waals surface area contributed by atoms with Gasteiger partial charge < -0.3 is 9.64 Å². The molecule has 1 amide bonds. The van der Waals surface area contributed by atoms with Crippen molar-refractivity contribution in [1.82, 2.24) is 14.6 Å². The zero-order valence-electron chi connectivity index (χ0n) is 17.2. The second-order valence-electron chi connectivity index (χ2n) is 7.81. The molecule has 1 aromatic heterocycles. The standard InChI is InChI=1S/C21H22ClF2N3O4S/c1-2-32(29,30)26-21-15(23)10-27-17(21)9-13-5-3-4-12(20(13)24)8-16-14(22)6-7-18(25-16)31-11-19(27)28/h3-7,15,17,21,26H,2,8-11H2,1H3/t15-,17-,21-/m0/s1. The largest absolute Gasteiger partial charge is 0.468 e. The van der Waals surface area contributed by atoms with Gasteiger partial charge in [-0.25, -0.2) is 26.9 Å². The molecular formula is C21H22ClF2N3O4S. The second-order valence-corrected chi connectivity index (χ2v) is 10.3. The molecule has 0 aliphatic carbocycles. The first-order valence-corrected chi connectivity index (χ1v) is 12.2. The van der Waals surface area contributed by atoms with Gasteiger partial charge in [-0.2, -0.15) is 0 Å². The minimum Gasteiger partial charge on any atom is -0.468 e. The lowest BCUT2D eigenvalue weighted by Gasteiger charge is -2.28. The van der Waals surface area contributed by atoms with Crippen LogP contribution in [0.3, 0.4) is 0 Å². The molecule has 0 spiro atoms. The lowest BCUT2D eigenvalue weighted by molar-refractivity contribution is -0.134. The van der Waals surface area contributed by atoms with Gasteiger partial charge in [0.25, 0.3) is 5.91 Å². The summed E-state index contributed by atoms with van der Waals surface area (Å²) in [5, 5.41) is 0.332. The number of alkyl halides is 1. The molecule has 1 saturated heterocycles. The molecule has 1 aromatic carbocycles. The van der Waals surface area contributed by atoms with Crippen LogP contribution in [0.4, 0.5) is 8.78 Å². The highest BCUT2D eigenvalue weighted by atomic mass is 35.5. The second kappa shape index (κ2) is 8.92. The molecule has 3 atom stereocenters. The van der Waals surface area contributed by atoms with Crippen LogP contribution in [-0.2, 0) is 27.7 Å². The van der Waals surface area contributed by atoms with Crippen LogP contribution in [0, 0.1) is 5.82 Å². The molecule has 2 aliphatic heterocycles. The first-order chi connectivity index (χ1) is 15.2. The van der Waals surface area contributed by atoms with E-state index in [1.165, 1.54) is 17.9 Å². The van der Waals surface area contributed by atoms with E-state index in [2.05, 4.69) is 9.71 Å². The molecule has 7 nitrogen and oxygen atoms in total. The molecule has 4 bridgehead atoms. The Hall–Kier alpha value is -2.30. The average molecular weight is 486 g/mol. The number of rotatable bonds is 3. The van der Waals surface area contributed by atoms with E-state index in [-0.39, 0.29) is 36.6 Å². The van der Waals surface area contributed by atoms with Crippen LogP contribution in [0.25, 0.3) is 0 Å². The molecule has 0 saturated carbocycles. The summed E-state index contributed by atoms with van der Waals surface area (Å²) in [5.41, 5.74) is 0.962. The maximum atomic E-state index is 15.4. The van der Waals surface area contributed by atoms with Gasteiger partial charge in [-0.1, -0.05) is 29.8 Å². The number of amides is 1. The minimum absolute atomic E-state index is 0.0680. The van der Waals surface area contributed by atoms with Gasteiger partial charge >= 0.3 is 0 Å². The number of halogens is 3. The quantitative estimate of drug-likeness (QED) is 0.720. The molecule has 0 unspecified atom stereocenters. The molecule has 172 valence electrons. The van der Waals surface area contributed by atoms with Crippen molar-refractivity contribution in [3.8, 4) is 5.88 Å². The SMILES string of the molecule is CCS(=O)(=O)N[C@H]1[C@@H](F)CN2C(=O)COc3ccc(Cl)c(n3)Cc3cccc(c3F)C[C@@H]12. The Kier molecular flexibility index (Phi) is 6.37. The lowest BCUT2D eigenvalue weighted by atomic mass is 9.96. The number of carbonyl (C=O) groups is 1. The van der Waals surface area contributed by atoms with E-state index in [1.54, 1.807) is 24.3 Å². The zero-order chi connectivity index (χ0) is 23.0. The molecule has 1 fully saturated rings. The summed E-state index contributed by atoms with van der Waals surface area (Å²) in [4.78, 5) is 18.4. The number of nitrogens with one attached hydrogen (secondary N) is 1. The van der Waals surface area contributed by atoms with Crippen LogP contribution >= 0.6 is 11.6 Å². The predicted octanol–water partition coefficient (Wildman–Crippen LogP) is 2.26. The number of hydrogen-bond donors (Lipinski definition) is 1. The van der Waals surface area contributed by atoms with Crippen molar-refractivity contribution in [2.24, 2.45) is 0 Å². The summed E-state index contributed by atoms with van der Waals surface area (Å²) in [6.45, 7) is 0.677. The van der Waals surface area contributed by atoms with Gasteiger partial charge in [0, 0.05) is 12.5 Å². The Morgan fingerprint density at radius 3 is 2.78 bits per heavy atom. The van der Waals surface area contributed by atoms with Crippen molar-refractivity contribution >= 4 is 27.5 Å². The fraction of sp³-hybridized carbons (Fsp3) is 0.429. The fourth-order valence-electron chi connectivity index (χ4n) is 4.06. The molecule has 1 N–H and O–H groups in total. The van der Waals surface area contributed by atoms with E-state index < -0.39 is 46.6 Å². The van der Waals surface area contributed by atoms with E-state index in [9.17, 15) is 17.6 Å². The number of fused-ring (bicyclic) bond motifs is 5. The molecule has 4 rings (SSSR count). The van der Waals surface area contributed by atoms with Crippen molar-refractivity contribution in [2.45, 2.75) is 38.0 Å². The van der Waals surface area contributed by atoms with Crippen LogP contribution in [0.1, 0.15) is 23.7 Å². The van der Waals surface area contributed by atoms with Gasteiger partial charge in [0.15, 0.2) is 6.61 Å². The van der Waals surface area contributed by atoms with E-state index in [0.717, 1.165) is 0 Å². The summed E-state index contributed by atoms with van der Waals surface area (Å²) in [6.07, 6.45) is -1.62. The third-order valence-corrected chi connectivity index (χ3v) is 7.51. The summed E-state index contributed by atoms with van der Waals surface area (Å²) in [6, 6.07) is 5.70. The van der Waals surface area contributed by atoms with Crippen LogP contribution in [0.2, 0.25) is 5.02 Å². The number of hydrogen-bond acceptors (Lipinski definition) is 5. The van der Waals surface area contributed by atoms with Crippen LogP contribution in [0.15, 0.2) is 30.3 Å². The van der Waals surface area contributed by atoms with Gasteiger partial charge in [-0.3, -0.25) is 4.79 Å². The Morgan fingerprint density at radius 1 is 1.28 bits per heavy atom. The van der Waals surface area contributed by atoms with E-state index in [0.29, 0.717) is 16.3 Å². The van der Waals surface area contributed by atoms with Gasteiger partial charge in [0.1, 0.15) is 12.0 Å². The highest BCUT2D eigenvalue weighted by molar-refractivity contribution is 7.89. The molecule has 32 heavy (non-hydrogen) atoms. The fourth-order valence-corrected chi connectivity index (χ4v) is 5.12. The Labute approximate surface area is 189 Å². The molecule has 2 aromatic rings. The van der Waals surface area contributed by atoms with Crippen molar-refractivity contribution < 1.29 is 26.7 Å². The van der Waals surface area contributed by atoms with E-state index >= 15 is 4.39 Å². The average Bonchev–Trinajstić information content (AvgIpc) is 3.05. The summed E-state index contributed by atoms with van der Waals surface area (Å²) in [5.74, 6) is -1.19. The first kappa shape index (κ1) is 22.9. The van der Waals surface area contributed by atoms with Crippen LogP contribution < -0.4 is 9.46 Å². The molecule has 11 heteroatoms. The number of pyridine rings is 1. The lowest BCUT2D eigenvalue weighted by Crippen LogP contribution is -2.50. The first-order valence-electron chi connectivity index (χ1n) is 10.2. The summed E-state index contributed by atoms with van der Waals surface area (Å²) < 4.78 is 62.5. The Morgan fingerprint density at radius 2 is 2.03 bits per heavy atom. The van der Waals surface area contributed by atoms with E-state index in [4.69, 9.17) is 16.3 Å². The topological polar surface area (TPSA) is 88.6 Å². The van der Waals surface area contributed by atoms with Gasteiger partial charge in [-0.15, -0.1) is 0 Å². The number of nitrogens with zero attached hydrogens (tertiary/aromatic N) is 2. The number of sulfonamides is 1. The highest BCUT2D eigenvalue weighted by Crippen LogP contribution is 2.29. The third kappa shape index (κ3) is 4.57. The zero-order valence-corrected chi connectivity index (χ0v) is 18.8. The van der Waals surface area contributed by atoms with Gasteiger partial charge in [-0.05, 0) is 30.5 Å². The normalized spacial score (nSPS) is 23.6. The van der Waals surface area contributed by atoms with Crippen LogP contribution in [-0.4, -0.2) is 61.4 Å². The van der Waals surface area contributed by atoms with Crippen molar-refractivity contribution in [2.75, 3.05) is 18.9 Å². The summed E-state index contributed by atoms with van der Waals surface area (Å²) >= 11 is 6.21. The van der Waals surface area contributed by atoms with Crippen molar-refractivity contribution in [1.29, 1.82) is 0 Å². The predicted molar refractivity (Wildman–Crippen MR) is 114 cm³/mol. The van der Waals surface area contributed by atoms with Crippen LogP contribution in [0.5, 0.6) is 5.88 Å². The summed E-state index contributed by atoms with van der Waals surface area (Å²) in [7, 11) is -3.76. The van der Waals surface area contributed by atoms with Gasteiger partial charge in [0.2, 0.25) is 15.9 Å². The van der Waals surface area contributed by atoms with Crippen molar-refractivity contribution in [3.05, 3.63) is 58.0 Å². The minimum atomic E-state index is -3.76. The number of benzene rings is 1. The molecule has 3 heterocycles. The highest BCUT2D eigenvalue weighted by Gasteiger charge is 2.46. The molecular weight excluding hydrogens is 464 g/mol. The Bertz CT molecular complexity index is 1150. The number of ether oxygens (including phenoxy) is 1. The third-order valence-electron chi connectivity index (χ3n) is 5.77. The maximum absolute atomic E-state index is 15.4. The van der Waals surface area contributed by atoms with Crippen molar-refractivity contribution in [3.63, 3.8) is 0 Å². The smallest absolute Gasteiger partial charge is 0.260 e. The van der Waals surface area contributed by atoms with E-state index in [1.807, 2.05) is 0 Å². The molecule has 0 radical (unpaired) electrons. The Balaban J connectivity index is 1.78.